The molecule has 0 saturated carbocycles. The quantitative estimate of drug-likeness (QED) is 0.802. The lowest BCUT2D eigenvalue weighted by Crippen LogP contribution is -2.51. The Kier molecular flexibility index (Phi) is 4.48. The molecule has 122 valence electrons. The van der Waals surface area contributed by atoms with E-state index in [9.17, 15) is 9.59 Å². The molecule has 0 aliphatic carbocycles. The van der Waals surface area contributed by atoms with Gasteiger partial charge < -0.3 is 16.0 Å². The monoisotopic (exact) mass is 342 g/mol. The summed E-state index contributed by atoms with van der Waals surface area (Å²) in [5.41, 5.74) is 1.59. The first-order chi connectivity index (χ1) is 11.6. The summed E-state index contributed by atoms with van der Waals surface area (Å²) in [5.74, 6) is -1.01. The summed E-state index contributed by atoms with van der Waals surface area (Å²) < 4.78 is 0. The minimum atomic E-state index is -0.693. The summed E-state index contributed by atoms with van der Waals surface area (Å²) in [6.45, 7) is 3.83. The van der Waals surface area contributed by atoms with Crippen molar-refractivity contribution in [3.8, 4) is 0 Å². The van der Waals surface area contributed by atoms with E-state index in [1.807, 2.05) is 0 Å². The van der Waals surface area contributed by atoms with Gasteiger partial charge >= 0.3 is 6.03 Å². The standard InChI is InChI=1S/C17H15ClN4O2/c1-10-14(16(23)21-13-5-3-2-4-12(13)18)15(22-17(24)20-10)11-6-8-19-9-7-11/h2-9,14-15H,1H2,(H,21,23)(H2,20,22,24). The first-order valence-electron chi connectivity index (χ1n) is 7.28. The van der Waals surface area contributed by atoms with Crippen molar-refractivity contribution in [2.75, 3.05) is 5.32 Å². The van der Waals surface area contributed by atoms with E-state index in [4.69, 9.17) is 11.6 Å². The van der Waals surface area contributed by atoms with Crippen LogP contribution >= 0.6 is 11.6 Å². The van der Waals surface area contributed by atoms with Crippen molar-refractivity contribution >= 4 is 29.2 Å². The fraction of sp³-hybridized carbons (Fsp3) is 0.118. The van der Waals surface area contributed by atoms with Crippen LogP contribution in [-0.4, -0.2) is 16.9 Å². The SMILES string of the molecule is C=C1NC(=O)NC(c2ccncc2)C1C(=O)Nc1ccccc1Cl. The third kappa shape index (κ3) is 3.23. The largest absolute Gasteiger partial charge is 0.330 e. The number of nitrogens with zero attached hydrogens (tertiary/aromatic N) is 1. The topological polar surface area (TPSA) is 83.1 Å². The van der Waals surface area contributed by atoms with Gasteiger partial charge in [-0.1, -0.05) is 30.3 Å². The van der Waals surface area contributed by atoms with Crippen LogP contribution in [0, 0.1) is 5.92 Å². The molecule has 3 amide bonds. The molecule has 0 radical (unpaired) electrons. The average molecular weight is 343 g/mol. The summed E-state index contributed by atoms with van der Waals surface area (Å²) in [6, 6.07) is 9.50. The number of carbonyl (C=O) groups excluding carboxylic acids is 2. The van der Waals surface area contributed by atoms with Gasteiger partial charge in [0, 0.05) is 18.1 Å². The van der Waals surface area contributed by atoms with E-state index < -0.39 is 18.0 Å². The van der Waals surface area contributed by atoms with Gasteiger partial charge in [-0.05, 0) is 29.8 Å². The Morgan fingerprint density at radius 1 is 1.21 bits per heavy atom. The molecule has 1 aliphatic heterocycles. The van der Waals surface area contributed by atoms with Gasteiger partial charge in [-0.25, -0.2) is 4.79 Å². The van der Waals surface area contributed by atoms with Crippen LogP contribution in [0.25, 0.3) is 0 Å². The second-order valence-electron chi connectivity index (χ2n) is 5.33. The molecule has 3 rings (SSSR count). The van der Waals surface area contributed by atoms with Crippen LogP contribution in [0.5, 0.6) is 0 Å². The number of para-hydroxylation sites is 1. The summed E-state index contributed by atoms with van der Waals surface area (Å²) in [4.78, 5) is 28.5. The van der Waals surface area contributed by atoms with E-state index in [-0.39, 0.29) is 5.91 Å². The van der Waals surface area contributed by atoms with Crippen LogP contribution in [-0.2, 0) is 4.79 Å². The number of hydrogen-bond acceptors (Lipinski definition) is 3. The Hall–Kier alpha value is -2.86. The van der Waals surface area contributed by atoms with E-state index in [1.54, 1.807) is 48.8 Å². The predicted molar refractivity (Wildman–Crippen MR) is 91.4 cm³/mol. The Labute approximate surface area is 143 Å². The van der Waals surface area contributed by atoms with Crippen molar-refractivity contribution in [2.45, 2.75) is 6.04 Å². The summed E-state index contributed by atoms with van der Waals surface area (Å²) in [6.07, 6.45) is 3.21. The molecule has 1 aromatic carbocycles. The molecule has 2 unspecified atom stereocenters. The molecule has 6 nitrogen and oxygen atoms in total. The van der Waals surface area contributed by atoms with E-state index in [0.717, 1.165) is 5.56 Å². The molecule has 3 N–H and O–H groups in total. The van der Waals surface area contributed by atoms with Crippen molar-refractivity contribution in [3.05, 3.63) is 71.7 Å². The molecule has 24 heavy (non-hydrogen) atoms. The summed E-state index contributed by atoms with van der Waals surface area (Å²) in [7, 11) is 0. The Morgan fingerprint density at radius 3 is 2.62 bits per heavy atom. The minimum Gasteiger partial charge on any atom is -0.330 e. The van der Waals surface area contributed by atoms with Gasteiger partial charge in [-0.3, -0.25) is 9.78 Å². The molecular weight excluding hydrogens is 328 g/mol. The van der Waals surface area contributed by atoms with Crippen molar-refractivity contribution in [1.82, 2.24) is 15.6 Å². The lowest BCUT2D eigenvalue weighted by atomic mass is 9.88. The number of amides is 3. The highest BCUT2D eigenvalue weighted by atomic mass is 35.5. The van der Waals surface area contributed by atoms with Crippen LogP contribution in [0.15, 0.2) is 61.1 Å². The number of halogens is 1. The van der Waals surface area contributed by atoms with Gasteiger partial charge in [0.25, 0.3) is 0 Å². The van der Waals surface area contributed by atoms with E-state index >= 15 is 0 Å². The fourth-order valence-electron chi connectivity index (χ4n) is 2.61. The van der Waals surface area contributed by atoms with Crippen LogP contribution in [0.4, 0.5) is 10.5 Å². The second kappa shape index (κ2) is 6.72. The number of anilines is 1. The zero-order chi connectivity index (χ0) is 17.1. The van der Waals surface area contributed by atoms with Crippen LogP contribution in [0.3, 0.4) is 0 Å². The highest BCUT2D eigenvalue weighted by Crippen LogP contribution is 2.31. The molecule has 2 heterocycles. The fourth-order valence-corrected chi connectivity index (χ4v) is 2.80. The summed E-state index contributed by atoms with van der Waals surface area (Å²) in [5, 5.41) is 8.54. The van der Waals surface area contributed by atoms with Crippen molar-refractivity contribution in [3.63, 3.8) is 0 Å². The number of hydrogen-bond donors (Lipinski definition) is 3. The molecule has 1 aromatic heterocycles. The van der Waals surface area contributed by atoms with Gasteiger partial charge in [0.2, 0.25) is 5.91 Å². The van der Waals surface area contributed by atoms with Crippen LogP contribution in [0.1, 0.15) is 11.6 Å². The molecule has 2 atom stereocenters. The molecule has 2 aromatic rings. The molecule has 0 bridgehead atoms. The molecule has 7 heteroatoms. The highest BCUT2D eigenvalue weighted by Gasteiger charge is 2.37. The number of benzene rings is 1. The van der Waals surface area contributed by atoms with Crippen molar-refractivity contribution < 1.29 is 9.59 Å². The Bertz CT molecular complexity index is 794. The highest BCUT2D eigenvalue weighted by molar-refractivity contribution is 6.33. The van der Waals surface area contributed by atoms with Gasteiger partial charge in [0.05, 0.1) is 16.8 Å². The van der Waals surface area contributed by atoms with Crippen LogP contribution in [0.2, 0.25) is 5.02 Å². The summed E-state index contributed by atoms with van der Waals surface area (Å²) >= 11 is 6.09. The van der Waals surface area contributed by atoms with Crippen LogP contribution < -0.4 is 16.0 Å². The first-order valence-corrected chi connectivity index (χ1v) is 7.65. The third-order valence-corrected chi connectivity index (χ3v) is 4.08. The van der Waals surface area contributed by atoms with Gasteiger partial charge in [0.15, 0.2) is 0 Å². The lowest BCUT2D eigenvalue weighted by Gasteiger charge is -2.33. The maximum atomic E-state index is 12.8. The van der Waals surface area contributed by atoms with Gasteiger partial charge in [-0.2, -0.15) is 0 Å². The smallest absolute Gasteiger partial charge is 0.319 e. The molecular formula is C17H15ClN4O2. The number of aromatic nitrogens is 1. The van der Waals surface area contributed by atoms with E-state index in [2.05, 4.69) is 27.5 Å². The number of rotatable bonds is 3. The number of nitrogens with one attached hydrogen (secondary N) is 3. The molecule has 1 fully saturated rings. The lowest BCUT2D eigenvalue weighted by molar-refractivity contribution is -0.119. The Balaban J connectivity index is 1.90. The second-order valence-corrected chi connectivity index (χ2v) is 5.74. The number of urea groups is 1. The number of pyridine rings is 1. The third-order valence-electron chi connectivity index (χ3n) is 3.75. The van der Waals surface area contributed by atoms with E-state index in [0.29, 0.717) is 16.4 Å². The maximum Gasteiger partial charge on any atom is 0.319 e. The minimum absolute atomic E-state index is 0.317. The predicted octanol–water partition coefficient (Wildman–Crippen LogP) is 2.86. The van der Waals surface area contributed by atoms with Crippen molar-refractivity contribution in [2.24, 2.45) is 5.92 Å². The Morgan fingerprint density at radius 2 is 1.92 bits per heavy atom. The zero-order valence-electron chi connectivity index (χ0n) is 12.6. The normalized spacial score (nSPS) is 20.0. The van der Waals surface area contributed by atoms with E-state index in [1.165, 1.54) is 0 Å². The van der Waals surface area contributed by atoms with Gasteiger partial charge in [-0.15, -0.1) is 0 Å². The molecule has 1 saturated heterocycles. The average Bonchev–Trinajstić information content (AvgIpc) is 2.57. The number of carbonyl (C=O) groups is 2. The zero-order valence-corrected chi connectivity index (χ0v) is 13.4. The molecule has 1 aliphatic rings. The molecule has 0 spiro atoms. The maximum absolute atomic E-state index is 12.8. The van der Waals surface area contributed by atoms with Crippen molar-refractivity contribution in [1.29, 1.82) is 0 Å². The van der Waals surface area contributed by atoms with Gasteiger partial charge in [0.1, 0.15) is 5.92 Å². The first kappa shape index (κ1) is 16.0.